The van der Waals surface area contributed by atoms with Crippen LogP contribution < -0.4 is 14.4 Å². The third-order valence-corrected chi connectivity index (χ3v) is 6.27. The van der Waals surface area contributed by atoms with Gasteiger partial charge in [-0.25, -0.2) is 9.18 Å². The standard InChI is InChI=1S/C28H21FN2O4/c1-33-23-6-8-25-17(14-23)3-2-10-31(25)22-13-19-11-18(4-7-24(19)30-16-22)28(32)35-27-15-20-12-21(29)5-9-26(20)34-27/h4-9,11-16H,2-3,10H2,1H3. The summed E-state index contributed by atoms with van der Waals surface area (Å²) in [5.74, 6) is -0.0837. The highest BCUT2D eigenvalue weighted by Gasteiger charge is 2.20. The van der Waals surface area contributed by atoms with E-state index in [1.807, 2.05) is 18.3 Å². The third kappa shape index (κ3) is 3.95. The summed E-state index contributed by atoms with van der Waals surface area (Å²) in [5, 5.41) is 1.35. The Bertz CT molecular complexity index is 1590. The predicted molar refractivity (Wildman–Crippen MR) is 131 cm³/mol. The number of rotatable bonds is 4. The lowest BCUT2D eigenvalue weighted by atomic mass is 10.0. The van der Waals surface area contributed by atoms with E-state index in [2.05, 4.69) is 22.0 Å². The number of halogens is 1. The van der Waals surface area contributed by atoms with E-state index in [0.29, 0.717) is 16.5 Å². The monoisotopic (exact) mass is 468 g/mol. The predicted octanol–water partition coefficient (Wildman–Crippen LogP) is 6.43. The van der Waals surface area contributed by atoms with E-state index in [1.54, 1.807) is 25.3 Å². The van der Waals surface area contributed by atoms with Crippen LogP contribution in [-0.4, -0.2) is 24.6 Å². The number of ether oxygens (including phenoxy) is 2. The van der Waals surface area contributed by atoms with Crippen LogP contribution in [0.15, 0.2) is 77.3 Å². The second kappa shape index (κ2) is 8.43. The summed E-state index contributed by atoms with van der Waals surface area (Å²) in [4.78, 5) is 19.7. The summed E-state index contributed by atoms with van der Waals surface area (Å²) in [7, 11) is 1.67. The molecule has 0 saturated carbocycles. The Hall–Kier alpha value is -4.39. The summed E-state index contributed by atoms with van der Waals surface area (Å²) >= 11 is 0. The number of carbonyl (C=O) groups is 1. The van der Waals surface area contributed by atoms with Crippen LogP contribution in [0.5, 0.6) is 11.7 Å². The van der Waals surface area contributed by atoms with Crippen molar-refractivity contribution < 1.29 is 23.1 Å². The Labute approximate surface area is 200 Å². The Morgan fingerprint density at radius 3 is 2.83 bits per heavy atom. The molecule has 0 fully saturated rings. The number of nitrogens with zero attached hydrogens (tertiary/aromatic N) is 2. The molecule has 3 heterocycles. The van der Waals surface area contributed by atoms with Gasteiger partial charge >= 0.3 is 5.97 Å². The van der Waals surface area contributed by atoms with Crippen molar-refractivity contribution in [1.82, 2.24) is 4.98 Å². The number of fused-ring (bicyclic) bond motifs is 3. The fourth-order valence-electron chi connectivity index (χ4n) is 4.55. The molecule has 0 unspecified atom stereocenters. The lowest BCUT2D eigenvalue weighted by Crippen LogP contribution is -2.24. The normalized spacial score (nSPS) is 13.1. The molecule has 0 bridgehead atoms. The molecular formula is C28H21FN2O4. The van der Waals surface area contributed by atoms with E-state index in [9.17, 15) is 9.18 Å². The molecule has 1 aliphatic rings. The van der Waals surface area contributed by atoms with Crippen molar-refractivity contribution in [2.24, 2.45) is 0 Å². The number of benzene rings is 3. The number of pyridine rings is 1. The van der Waals surface area contributed by atoms with Crippen molar-refractivity contribution in [3.63, 3.8) is 0 Å². The van der Waals surface area contributed by atoms with E-state index in [4.69, 9.17) is 13.9 Å². The summed E-state index contributed by atoms with van der Waals surface area (Å²) in [6.45, 7) is 0.876. The first-order chi connectivity index (χ1) is 17.1. The highest BCUT2D eigenvalue weighted by Crippen LogP contribution is 2.36. The first-order valence-electron chi connectivity index (χ1n) is 11.3. The number of hydrogen-bond donors (Lipinski definition) is 0. The van der Waals surface area contributed by atoms with Crippen molar-refractivity contribution in [3.05, 3.63) is 89.9 Å². The molecule has 0 atom stereocenters. The largest absolute Gasteiger partial charge is 0.497 e. The van der Waals surface area contributed by atoms with Crippen LogP contribution in [0.1, 0.15) is 22.3 Å². The van der Waals surface area contributed by atoms with Gasteiger partial charge in [0.1, 0.15) is 17.1 Å². The zero-order valence-corrected chi connectivity index (χ0v) is 19.0. The van der Waals surface area contributed by atoms with Crippen molar-refractivity contribution in [2.75, 3.05) is 18.6 Å². The van der Waals surface area contributed by atoms with Crippen molar-refractivity contribution >= 4 is 39.2 Å². The molecule has 7 heteroatoms. The highest BCUT2D eigenvalue weighted by atomic mass is 19.1. The Morgan fingerprint density at radius 2 is 1.94 bits per heavy atom. The average Bonchev–Trinajstić information content (AvgIpc) is 3.28. The first-order valence-corrected chi connectivity index (χ1v) is 11.3. The maximum Gasteiger partial charge on any atom is 0.345 e. The van der Waals surface area contributed by atoms with Crippen LogP contribution in [0.3, 0.4) is 0 Å². The molecule has 0 aliphatic carbocycles. The Morgan fingerprint density at radius 1 is 1.03 bits per heavy atom. The van der Waals surface area contributed by atoms with Gasteiger partial charge in [-0.3, -0.25) is 4.98 Å². The number of methoxy groups -OCH3 is 1. The molecular weight excluding hydrogens is 447 g/mol. The SMILES string of the molecule is COc1ccc2c(c1)CCCN2c1cnc2ccc(C(=O)Oc3cc4cc(F)ccc4o3)cc2c1. The van der Waals surface area contributed by atoms with Crippen LogP contribution in [0.4, 0.5) is 15.8 Å². The maximum atomic E-state index is 13.4. The summed E-state index contributed by atoms with van der Waals surface area (Å²) in [6.07, 6.45) is 3.87. The fraction of sp³-hybridized carbons (Fsp3) is 0.143. The van der Waals surface area contributed by atoms with Crippen LogP contribution >= 0.6 is 0 Å². The third-order valence-electron chi connectivity index (χ3n) is 6.27. The number of anilines is 2. The van der Waals surface area contributed by atoms with Crippen LogP contribution in [0, 0.1) is 5.82 Å². The molecule has 0 saturated heterocycles. The number of furan rings is 1. The van der Waals surface area contributed by atoms with Gasteiger partial charge in [0.15, 0.2) is 0 Å². The van der Waals surface area contributed by atoms with Gasteiger partial charge in [0, 0.05) is 29.1 Å². The molecule has 35 heavy (non-hydrogen) atoms. The van der Waals surface area contributed by atoms with E-state index in [0.717, 1.165) is 47.4 Å². The lowest BCUT2D eigenvalue weighted by molar-refractivity contribution is 0.0697. The van der Waals surface area contributed by atoms with Gasteiger partial charge < -0.3 is 18.8 Å². The van der Waals surface area contributed by atoms with Gasteiger partial charge in [-0.05, 0) is 79.1 Å². The topological polar surface area (TPSA) is 64.8 Å². The number of carbonyl (C=O) groups excluding carboxylic acids is 1. The highest BCUT2D eigenvalue weighted by molar-refractivity contribution is 5.96. The van der Waals surface area contributed by atoms with Crippen molar-refractivity contribution in [3.8, 4) is 11.7 Å². The maximum absolute atomic E-state index is 13.4. The lowest BCUT2D eigenvalue weighted by Gasteiger charge is -2.31. The molecule has 0 radical (unpaired) electrons. The number of hydrogen-bond acceptors (Lipinski definition) is 6. The van der Waals surface area contributed by atoms with E-state index in [-0.39, 0.29) is 11.8 Å². The van der Waals surface area contributed by atoms with Gasteiger partial charge in [0.05, 0.1) is 30.1 Å². The van der Waals surface area contributed by atoms with Gasteiger partial charge in [-0.2, -0.15) is 0 Å². The number of aryl methyl sites for hydroxylation is 1. The van der Waals surface area contributed by atoms with Crippen molar-refractivity contribution in [1.29, 1.82) is 0 Å². The summed E-state index contributed by atoms with van der Waals surface area (Å²) in [5.41, 5.74) is 4.91. The minimum absolute atomic E-state index is 0.0166. The van der Waals surface area contributed by atoms with Gasteiger partial charge in [-0.15, -0.1) is 0 Å². The van der Waals surface area contributed by atoms with Crippen LogP contribution in [0.25, 0.3) is 21.9 Å². The summed E-state index contributed by atoms with van der Waals surface area (Å²) < 4.78 is 29.8. The molecule has 0 N–H and O–H groups in total. The average molecular weight is 468 g/mol. The minimum atomic E-state index is -0.563. The van der Waals surface area contributed by atoms with Gasteiger partial charge in [-0.1, -0.05) is 0 Å². The molecule has 6 rings (SSSR count). The molecule has 1 aliphatic heterocycles. The molecule has 0 amide bonds. The van der Waals surface area contributed by atoms with Gasteiger partial charge in [0.25, 0.3) is 5.95 Å². The molecule has 6 nitrogen and oxygen atoms in total. The molecule has 5 aromatic rings. The van der Waals surface area contributed by atoms with Crippen LogP contribution in [0.2, 0.25) is 0 Å². The van der Waals surface area contributed by atoms with E-state index >= 15 is 0 Å². The molecule has 174 valence electrons. The fourth-order valence-corrected chi connectivity index (χ4v) is 4.55. The molecule has 2 aromatic heterocycles. The molecule has 3 aromatic carbocycles. The quantitative estimate of drug-likeness (QED) is 0.283. The minimum Gasteiger partial charge on any atom is -0.497 e. The van der Waals surface area contributed by atoms with E-state index < -0.39 is 5.97 Å². The zero-order valence-electron chi connectivity index (χ0n) is 19.0. The number of esters is 1. The number of aromatic nitrogens is 1. The Kier molecular flexibility index (Phi) is 5.10. The summed E-state index contributed by atoms with van der Waals surface area (Å²) in [6, 6.07) is 19.0. The molecule has 0 spiro atoms. The smallest absolute Gasteiger partial charge is 0.345 e. The van der Waals surface area contributed by atoms with Crippen molar-refractivity contribution in [2.45, 2.75) is 12.8 Å². The van der Waals surface area contributed by atoms with Gasteiger partial charge in [0.2, 0.25) is 0 Å². The van der Waals surface area contributed by atoms with E-state index in [1.165, 1.54) is 29.8 Å². The Balaban J connectivity index is 1.30. The first kappa shape index (κ1) is 21.2. The zero-order chi connectivity index (χ0) is 23.9. The second-order valence-corrected chi connectivity index (χ2v) is 8.49. The van der Waals surface area contributed by atoms with Crippen LogP contribution in [-0.2, 0) is 6.42 Å². The second-order valence-electron chi connectivity index (χ2n) is 8.49.